The van der Waals surface area contributed by atoms with Gasteiger partial charge in [0.25, 0.3) is 0 Å². The molecule has 0 aliphatic carbocycles. The summed E-state index contributed by atoms with van der Waals surface area (Å²) in [4.78, 5) is 4.39. The third-order valence-electron chi connectivity index (χ3n) is 2.74. The number of nitrogens with zero attached hydrogens (tertiary/aromatic N) is 1. The number of thioether (sulfide) groups is 1. The molecule has 98 valence electrons. The monoisotopic (exact) mass is 270 g/mol. The number of amidine groups is 1. The summed E-state index contributed by atoms with van der Waals surface area (Å²) in [5.74, 6) is 0.876. The smallest absolute Gasteiger partial charge is 0.154 e. The Hall–Kier alpha value is -1.74. The van der Waals surface area contributed by atoms with Crippen LogP contribution in [0, 0.1) is 0 Å². The molecule has 0 saturated carbocycles. The lowest BCUT2D eigenvalue weighted by molar-refractivity contribution is 0.970. The maximum atomic E-state index is 5.90. The van der Waals surface area contributed by atoms with Gasteiger partial charge in [0.15, 0.2) is 5.17 Å². The lowest BCUT2D eigenvalue weighted by atomic mass is 10.2. The average molecular weight is 270 g/mol. The Kier molecular flexibility index (Phi) is 5.50. The van der Waals surface area contributed by atoms with Crippen molar-refractivity contribution in [2.75, 3.05) is 6.54 Å². The largest absolute Gasteiger partial charge is 0.379 e. The highest BCUT2D eigenvalue weighted by Gasteiger charge is 1.96. The molecule has 2 aromatic carbocycles. The number of hydrogen-bond acceptors (Lipinski definition) is 2. The molecule has 0 aliphatic heterocycles. The molecule has 2 aromatic rings. The van der Waals surface area contributed by atoms with E-state index < -0.39 is 0 Å². The Morgan fingerprint density at radius 2 is 1.47 bits per heavy atom. The summed E-state index contributed by atoms with van der Waals surface area (Å²) in [6, 6.07) is 20.7. The molecule has 0 amide bonds. The highest BCUT2D eigenvalue weighted by molar-refractivity contribution is 8.13. The minimum absolute atomic E-state index is 0.666. The van der Waals surface area contributed by atoms with Gasteiger partial charge in [0.1, 0.15) is 0 Å². The van der Waals surface area contributed by atoms with Crippen LogP contribution in [0.2, 0.25) is 0 Å². The van der Waals surface area contributed by atoms with Crippen molar-refractivity contribution < 1.29 is 0 Å². The summed E-state index contributed by atoms with van der Waals surface area (Å²) in [5.41, 5.74) is 8.47. The van der Waals surface area contributed by atoms with Crippen LogP contribution < -0.4 is 5.73 Å². The molecule has 2 N–H and O–H groups in total. The summed E-state index contributed by atoms with van der Waals surface area (Å²) in [7, 11) is 0. The van der Waals surface area contributed by atoms with Crippen molar-refractivity contribution in [1.29, 1.82) is 0 Å². The molecule has 0 aromatic heterocycles. The van der Waals surface area contributed by atoms with E-state index in [2.05, 4.69) is 29.3 Å². The lowest BCUT2D eigenvalue weighted by Gasteiger charge is -2.02. The van der Waals surface area contributed by atoms with Crippen molar-refractivity contribution in [1.82, 2.24) is 0 Å². The minimum Gasteiger partial charge on any atom is -0.379 e. The second-order valence-corrected chi connectivity index (χ2v) is 5.23. The fourth-order valence-corrected chi connectivity index (χ4v) is 2.41. The van der Waals surface area contributed by atoms with Gasteiger partial charge in [-0.2, -0.15) is 0 Å². The van der Waals surface area contributed by atoms with Crippen LogP contribution >= 0.6 is 11.8 Å². The van der Waals surface area contributed by atoms with Gasteiger partial charge in [0.2, 0.25) is 0 Å². The first-order valence-electron chi connectivity index (χ1n) is 6.35. The molecule has 19 heavy (non-hydrogen) atoms. The fraction of sp³-hybridized carbons (Fsp3) is 0.188. The molecule has 0 radical (unpaired) electrons. The van der Waals surface area contributed by atoms with E-state index in [1.54, 1.807) is 11.8 Å². The van der Waals surface area contributed by atoms with Crippen molar-refractivity contribution in [3.8, 4) is 0 Å². The van der Waals surface area contributed by atoms with Gasteiger partial charge in [-0.3, -0.25) is 4.99 Å². The zero-order valence-corrected chi connectivity index (χ0v) is 11.6. The maximum absolute atomic E-state index is 5.90. The summed E-state index contributed by atoms with van der Waals surface area (Å²) in [6.45, 7) is 0.748. The molecule has 0 saturated heterocycles. The van der Waals surface area contributed by atoms with E-state index >= 15 is 0 Å². The number of benzene rings is 2. The number of nitrogens with two attached hydrogens (primary N) is 1. The first-order valence-corrected chi connectivity index (χ1v) is 7.34. The van der Waals surface area contributed by atoms with Crippen LogP contribution in [0.3, 0.4) is 0 Å². The van der Waals surface area contributed by atoms with E-state index in [1.807, 2.05) is 36.4 Å². The predicted molar refractivity (Wildman–Crippen MR) is 84.4 cm³/mol. The van der Waals surface area contributed by atoms with Crippen molar-refractivity contribution in [3.05, 3.63) is 71.8 Å². The zero-order valence-electron chi connectivity index (χ0n) is 10.8. The molecule has 0 spiro atoms. The number of hydrogen-bond donors (Lipinski definition) is 1. The fourth-order valence-electron chi connectivity index (χ4n) is 1.72. The van der Waals surface area contributed by atoms with E-state index in [-0.39, 0.29) is 0 Å². The molecular weight excluding hydrogens is 252 g/mol. The molecule has 0 unspecified atom stereocenters. The summed E-state index contributed by atoms with van der Waals surface area (Å²) >= 11 is 1.59. The molecule has 3 heteroatoms. The Morgan fingerprint density at radius 1 is 0.895 bits per heavy atom. The minimum atomic E-state index is 0.666. The van der Waals surface area contributed by atoms with Gasteiger partial charge in [-0.1, -0.05) is 72.4 Å². The molecule has 0 heterocycles. The molecule has 0 bridgehead atoms. The highest BCUT2D eigenvalue weighted by atomic mass is 32.2. The van der Waals surface area contributed by atoms with Gasteiger partial charge in [-0.15, -0.1) is 0 Å². The van der Waals surface area contributed by atoms with Gasteiger partial charge in [-0.05, 0) is 17.5 Å². The first-order chi connectivity index (χ1) is 9.34. The SMILES string of the molecule is NC(=NCCc1ccccc1)SCc1ccccc1. The van der Waals surface area contributed by atoms with Crippen LogP contribution in [0.15, 0.2) is 65.7 Å². The second kappa shape index (κ2) is 7.64. The number of rotatable bonds is 5. The van der Waals surface area contributed by atoms with E-state index in [1.165, 1.54) is 11.1 Å². The van der Waals surface area contributed by atoms with Crippen LogP contribution in [-0.2, 0) is 12.2 Å². The topological polar surface area (TPSA) is 38.4 Å². The van der Waals surface area contributed by atoms with Crippen LogP contribution in [0.1, 0.15) is 11.1 Å². The summed E-state index contributed by atoms with van der Waals surface area (Å²) < 4.78 is 0. The first kappa shape index (κ1) is 13.7. The van der Waals surface area contributed by atoms with E-state index in [4.69, 9.17) is 5.73 Å². The third-order valence-corrected chi connectivity index (χ3v) is 3.64. The van der Waals surface area contributed by atoms with Crippen molar-refractivity contribution in [3.63, 3.8) is 0 Å². The summed E-state index contributed by atoms with van der Waals surface area (Å²) in [5, 5.41) is 0.666. The van der Waals surface area contributed by atoms with E-state index in [0.29, 0.717) is 5.17 Å². The van der Waals surface area contributed by atoms with Gasteiger partial charge < -0.3 is 5.73 Å². The molecule has 0 atom stereocenters. The maximum Gasteiger partial charge on any atom is 0.154 e. The molecular formula is C16H18N2S. The number of aliphatic imine (C=N–C) groups is 1. The molecule has 2 nitrogen and oxygen atoms in total. The Labute approximate surface area is 118 Å². The van der Waals surface area contributed by atoms with Crippen molar-refractivity contribution in [2.45, 2.75) is 12.2 Å². The normalized spacial score (nSPS) is 11.5. The molecule has 0 fully saturated rings. The van der Waals surface area contributed by atoms with E-state index in [9.17, 15) is 0 Å². The van der Waals surface area contributed by atoms with Crippen molar-refractivity contribution in [2.24, 2.45) is 10.7 Å². The van der Waals surface area contributed by atoms with Gasteiger partial charge >= 0.3 is 0 Å². The molecule has 0 aliphatic rings. The standard InChI is InChI=1S/C16H18N2S/c17-16(19-13-15-9-5-2-6-10-15)18-12-11-14-7-3-1-4-8-14/h1-10H,11-13H2,(H2,17,18). The quantitative estimate of drug-likeness (QED) is 0.667. The van der Waals surface area contributed by atoms with Gasteiger partial charge in [0.05, 0.1) is 0 Å². The molecule has 2 rings (SSSR count). The Bertz CT molecular complexity index is 509. The van der Waals surface area contributed by atoms with Crippen LogP contribution in [0.4, 0.5) is 0 Å². The highest BCUT2D eigenvalue weighted by Crippen LogP contribution is 2.11. The van der Waals surface area contributed by atoms with Crippen molar-refractivity contribution >= 4 is 16.9 Å². The van der Waals surface area contributed by atoms with Gasteiger partial charge in [0, 0.05) is 12.3 Å². The van der Waals surface area contributed by atoms with Gasteiger partial charge in [-0.25, -0.2) is 0 Å². The average Bonchev–Trinajstić information content (AvgIpc) is 2.47. The second-order valence-electron chi connectivity index (χ2n) is 4.23. The van der Waals surface area contributed by atoms with E-state index in [0.717, 1.165) is 18.7 Å². The van der Waals surface area contributed by atoms with Crippen LogP contribution in [0.25, 0.3) is 0 Å². The van der Waals surface area contributed by atoms with Crippen LogP contribution in [-0.4, -0.2) is 11.7 Å². The predicted octanol–water partition coefficient (Wildman–Crippen LogP) is 3.48. The summed E-state index contributed by atoms with van der Waals surface area (Å²) in [6.07, 6.45) is 0.938. The third kappa shape index (κ3) is 5.18. The lowest BCUT2D eigenvalue weighted by Crippen LogP contribution is -2.08. The zero-order chi connectivity index (χ0) is 13.3. The Morgan fingerprint density at radius 3 is 2.11 bits per heavy atom. The van der Waals surface area contributed by atoms with Crippen LogP contribution in [0.5, 0.6) is 0 Å². The Balaban J connectivity index is 1.74.